The number of pyridine rings is 2. The van der Waals surface area contributed by atoms with Crippen LogP contribution in [-0.2, 0) is 0 Å². The lowest BCUT2D eigenvalue weighted by atomic mass is 9.96. The van der Waals surface area contributed by atoms with Crippen molar-refractivity contribution in [2.24, 2.45) is 0 Å². The topological polar surface area (TPSA) is 35.6 Å². The molecule has 0 aliphatic carbocycles. The Morgan fingerprint density at radius 1 is 0.380 bits per heavy atom. The minimum Gasteiger partial charge on any atom is -0.309 e. The van der Waals surface area contributed by atoms with Gasteiger partial charge in [0.05, 0.1) is 27.8 Å². The van der Waals surface area contributed by atoms with Crippen molar-refractivity contribution >= 4 is 43.9 Å². The number of nitrogens with zero attached hydrogens (tertiary/aromatic N) is 4. The standard InChI is InChI=1S/C46H30N4/c1-4-13-31(14-5-1)32-24-26-40-38(30-32)44-37(21-11-22-41(44)49(40)35-17-6-2-7-18-35)33-15-10-16-34(29-33)39-25-27-43-46(48-39)45-42(23-12-28-47-45)50(43)36-19-8-3-9-20-36/h1-30H. The summed E-state index contributed by atoms with van der Waals surface area (Å²) in [5.74, 6) is 0. The van der Waals surface area contributed by atoms with Gasteiger partial charge < -0.3 is 9.13 Å². The number of rotatable bonds is 5. The quantitative estimate of drug-likeness (QED) is 0.188. The fourth-order valence-electron chi connectivity index (χ4n) is 7.53. The van der Waals surface area contributed by atoms with E-state index in [2.05, 4.69) is 173 Å². The van der Waals surface area contributed by atoms with Crippen molar-refractivity contribution in [3.63, 3.8) is 0 Å². The van der Waals surface area contributed by atoms with Gasteiger partial charge in [0.25, 0.3) is 0 Å². The molecule has 0 bridgehead atoms. The van der Waals surface area contributed by atoms with Crippen LogP contribution in [0, 0.1) is 0 Å². The third-order valence-corrected chi connectivity index (χ3v) is 9.76. The lowest BCUT2D eigenvalue weighted by Crippen LogP contribution is -1.93. The molecule has 0 N–H and O–H groups in total. The largest absolute Gasteiger partial charge is 0.309 e. The lowest BCUT2D eigenvalue weighted by molar-refractivity contribution is 1.17. The summed E-state index contributed by atoms with van der Waals surface area (Å²) in [6.07, 6.45) is 1.85. The number of fused-ring (bicyclic) bond motifs is 6. The first kappa shape index (κ1) is 28.3. The van der Waals surface area contributed by atoms with Crippen LogP contribution in [0.1, 0.15) is 0 Å². The molecule has 234 valence electrons. The zero-order valence-electron chi connectivity index (χ0n) is 27.1. The van der Waals surface area contributed by atoms with E-state index in [1.807, 2.05) is 18.3 Å². The maximum Gasteiger partial charge on any atom is 0.115 e. The second-order valence-electron chi connectivity index (χ2n) is 12.7. The second kappa shape index (κ2) is 11.4. The predicted octanol–water partition coefficient (Wildman–Crippen LogP) is 11.7. The molecule has 0 saturated heterocycles. The van der Waals surface area contributed by atoms with E-state index in [1.54, 1.807) is 0 Å². The van der Waals surface area contributed by atoms with E-state index < -0.39 is 0 Å². The number of hydrogen-bond donors (Lipinski definition) is 0. The molecule has 0 radical (unpaired) electrons. The van der Waals surface area contributed by atoms with Gasteiger partial charge in [0.1, 0.15) is 11.0 Å². The van der Waals surface area contributed by atoms with Gasteiger partial charge >= 0.3 is 0 Å². The fraction of sp³-hybridized carbons (Fsp3) is 0. The van der Waals surface area contributed by atoms with Crippen LogP contribution in [0.4, 0.5) is 0 Å². The molecule has 4 nitrogen and oxygen atoms in total. The van der Waals surface area contributed by atoms with Gasteiger partial charge in [-0.15, -0.1) is 0 Å². The lowest BCUT2D eigenvalue weighted by Gasteiger charge is -2.10. The van der Waals surface area contributed by atoms with Crippen LogP contribution in [0.15, 0.2) is 182 Å². The van der Waals surface area contributed by atoms with E-state index in [9.17, 15) is 0 Å². The Hall–Kier alpha value is -6.78. The second-order valence-corrected chi connectivity index (χ2v) is 12.7. The molecule has 0 spiro atoms. The minimum absolute atomic E-state index is 0.897. The summed E-state index contributed by atoms with van der Waals surface area (Å²) in [5, 5.41) is 2.46. The molecular formula is C46H30N4. The maximum absolute atomic E-state index is 5.27. The van der Waals surface area contributed by atoms with Crippen molar-refractivity contribution in [2.45, 2.75) is 0 Å². The Morgan fingerprint density at radius 3 is 1.78 bits per heavy atom. The van der Waals surface area contributed by atoms with Gasteiger partial charge in [0.15, 0.2) is 0 Å². The molecule has 4 aromatic heterocycles. The van der Waals surface area contributed by atoms with Crippen LogP contribution in [0.5, 0.6) is 0 Å². The van der Waals surface area contributed by atoms with Crippen LogP contribution in [0.3, 0.4) is 0 Å². The van der Waals surface area contributed by atoms with E-state index in [4.69, 9.17) is 9.97 Å². The number of aromatic nitrogens is 4. The Morgan fingerprint density at radius 2 is 1.00 bits per heavy atom. The van der Waals surface area contributed by atoms with Crippen molar-refractivity contribution in [1.82, 2.24) is 19.1 Å². The SMILES string of the molecule is c1ccc(-c2ccc3c(c2)c2c(-c4cccc(-c5ccc6c(n5)c5ncccc5n6-c5ccccc5)c4)cccc2n3-c2ccccc2)cc1. The first-order chi connectivity index (χ1) is 24.8. The van der Waals surface area contributed by atoms with Crippen molar-refractivity contribution in [3.05, 3.63) is 182 Å². The molecule has 0 fully saturated rings. The predicted molar refractivity (Wildman–Crippen MR) is 207 cm³/mol. The third kappa shape index (κ3) is 4.46. The third-order valence-electron chi connectivity index (χ3n) is 9.76. The van der Waals surface area contributed by atoms with E-state index in [-0.39, 0.29) is 0 Å². The maximum atomic E-state index is 5.27. The van der Waals surface area contributed by atoms with Crippen LogP contribution >= 0.6 is 0 Å². The van der Waals surface area contributed by atoms with Gasteiger partial charge in [-0.1, -0.05) is 103 Å². The van der Waals surface area contributed by atoms with E-state index in [0.29, 0.717) is 0 Å². The first-order valence-electron chi connectivity index (χ1n) is 16.9. The highest BCUT2D eigenvalue weighted by Gasteiger charge is 2.19. The highest BCUT2D eigenvalue weighted by molar-refractivity contribution is 6.16. The molecule has 50 heavy (non-hydrogen) atoms. The Bertz CT molecular complexity index is 2850. The molecule has 4 heterocycles. The summed E-state index contributed by atoms with van der Waals surface area (Å²) >= 11 is 0. The molecule has 4 heteroatoms. The highest BCUT2D eigenvalue weighted by atomic mass is 15.0. The number of para-hydroxylation sites is 2. The molecular weight excluding hydrogens is 609 g/mol. The van der Waals surface area contributed by atoms with Gasteiger partial charge in [0, 0.05) is 33.9 Å². The van der Waals surface area contributed by atoms with Gasteiger partial charge in [-0.25, -0.2) is 4.98 Å². The zero-order chi connectivity index (χ0) is 33.0. The summed E-state index contributed by atoms with van der Waals surface area (Å²) in [6.45, 7) is 0. The summed E-state index contributed by atoms with van der Waals surface area (Å²) in [5.41, 5.74) is 15.2. The molecule has 0 atom stereocenters. The van der Waals surface area contributed by atoms with Crippen LogP contribution in [0.2, 0.25) is 0 Å². The Balaban J connectivity index is 1.17. The van der Waals surface area contributed by atoms with Crippen LogP contribution in [-0.4, -0.2) is 19.1 Å². The molecule has 10 rings (SSSR count). The van der Waals surface area contributed by atoms with Crippen LogP contribution < -0.4 is 0 Å². The monoisotopic (exact) mass is 638 g/mol. The van der Waals surface area contributed by atoms with Crippen LogP contribution in [0.25, 0.3) is 88.8 Å². The average Bonchev–Trinajstić information content (AvgIpc) is 3.71. The fourth-order valence-corrected chi connectivity index (χ4v) is 7.53. The smallest absolute Gasteiger partial charge is 0.115 e. The summed E-state index contributed by atoms with van der Waals surface area (Å²) in [4.78, 5) is 10.1. The molecule has 0 aliphatic rings. The first-order valence-corrected chi connectivity index (χ1v) is 16.9. The zero-order valence-corrected chi connectivity index (χ0v) is 27.1. The van der Waals surface area contributed by atoms with Gasteiger partial charge in [0.2, 0.25) is 0 Å². The molecule has 0 saturated carbocycles. The van der Waals surface area contributed by atoms with Crippen molar-refractivity contribution in [1.29, 1.82) is 0 Å². The summed E-state index contributed by atoms with van der Waals surface area (Å²) < 4.78 is 4.63. The Kier molecular flexibility index (Phi) is 6.46. The van der Waals surface area contributed by atoms with Crippen molar-refractivity contribution in [2.75, 3.05) is 0 Å². The minimum atomic E-state index is 0.897. The van der Waals surface area contributed by atoms with E-state index >= 15 is 0 Å². The summed E-state index contributed by atoms with van der Waals surface area (Å²) in [6, 6.07) is 62.4. The van der Waals surface area contributed by atoms with Crippen molar-refractivity contribution in [3.8, 4) is 44.9 Å². The summed E-state index contributed by atoms with van der Waals surface area (Å²) in [7, 11) is 0. The Labute approximate surface area is 289 Å². The average molecular weight is 639 g/mol. The normalized spacial score (nSPS) is 11.6. The van der Waals surface area contributed by atoms with Gasteiger partial charge in [-0.05, 0) is 95.1 Å². The molecule has 0 amide bonds. The van der Waals surface area contributed by atoms with Crippen molar-refractivity contribution < 1.29 is 0 Å². The van der Waals surface area contributed by atoms with E-state index in [0.717, 1.165) is 50.3 Å². The number of hydrogen-bond acceptors (Lipinski definition) is 2. The highest BCUT2D eigenvalue weighted by Crippen LogP contribution is 2.41. The molecule has 10 aromatic rings. The van der Waals surface area contributed by atoms with Gasteiger partial charge in [-0.3, -0.25) is 4.98 Å². The van der Waals surface area contributed by atoms with Gasteiger partial charge in [-0.2, -0.15) is 0 Å². The molecule has 0 unspecified atom stereocenters. The molecule has 6 aromatic carbocycles. The molecule has 0 aliphatic heterocycles. The number of benzene rings is 6. The van der Waals surface area contributed by atoms with E-state index in [1.165, 1.54) is 38.5 Å².